The summed E-state index contributed by atoms with van der Waals surface area (Å²) in [7, 11) is -0.477. The van der Waals surface area contributed by atoms with E-state index in [0.29, 0.717) is 5.75 Å². The van der Waals surface area contributed by atoms with E-state index in [2.05, 4.69) is 0 Å². The summed E-state index contributed by atoms with van der Waals surface area (Å²) in [4.78, 5) is 0. The van der Waals surface area contributed by atoms with Crippen LogP contribution in [0.5, 0.6) is 11.5 Å². The first-order valence-corrected chi connectivity index (χ1v) is 7.77. The van der Waals surface area contributed by atoms with Crippen LogP contribution in [-0.2, 0) is 9.31 Å². The fraction of sp³-hybridized carbons (Fsp3) is 0.333. The number of halogens is 2. The van der Waals surface area contributed by atoms with Gasteiger partial charge in [-0.15, -0.1) is 0 Å². The normalized spacial score (nSPS) is 18.7. The van der Waals surface area contributed by atoms with Crippen LogP contribution in [0.1, 0.15) is 27.7 Å². The van der Waals surface area contributed by atoms with Crippen molar-refractivity contribution in [1.29, 1.82) is 0 Å². The minimum Gasteiger partial charge on any atom is -0.454 e. The lowest BCUT2D eigenvalue weighted by molar-refractivity contribution is 0.00578. The van der Waals surface area contributed by atoms with Gasteiger partial charge >= 0.3 is 7.12 Å². The molecule has 3 rings (SSSR count). The number of benzene rings is 2. The summed E-state index contributed by atoms with van der Waals surface area (Å²) in [6.07, 6.45) is 0. The Labute approximate surface area is 140 Å². The van der Waals surface area contributed by atoms with Gasteiger partial charge in [-0.3, -0.25) is 0 Å². The first-order chi connectivity index (χ1) is 11.2. The third-order valence-electron chi connectivity index (χ3n) is 4.55. The van der Waals surface area contributed by atoms with Gasteiger partial charge in [0.15, 0.2) is 11.6 Å². The Bertz CT molecular complexity index is 728. The summed E-state index contributed by atoms with van der Waals surface area (Å²) in [5.41, 5.74) is -0.00424. The fourth-order valence-corrected chi connectivity index (χ4v) is 2.36. The molecule has 2 aromatic rings. The molecule has 0 bridgehead atoms. The lowest BCUT2D eigenvalue weighted by atomic mass is 9.79. The van der Waals surface area contributed by atoms with Crippen LogP contribution in [0.3, 0.4) is 0 Å². The van der Waals surface area contributed by atoms with E-state index in [9.17, 15) is 8.78 Å². The van der Waals surface area contributed by atoms with E-state index >= 15 is 0 Å². The monoisotopic (exact) mass is 332 g/mol. The van der Waals surface area contributed by atoms with E-state index in [1.54, 1.807) is 24.3 Å². The van der Waals surface area contributed by atoms with Crippen molar-refractivity contribution in [2.24, 2.45) is 0 Å². The number of hydrogen-bond donors (Lipinski definition) is 0. The maximum absolute atomic E-state index is 13.6. The summed E-state index contributed by atoms with van der Waals surface area (Å²) >= 11 is 0. The molecule has 0 N–H and O–H groups in total. The van der Waals surface area contributed by atoms with Gasteiger partial charge in [0, 0.05) is 0 Å². The molecule has 0 unspecified atom stereocenters. The van der Waals surface area contributed by atoms with Crippen molar-refractivity contribution in [3.8, 4) is 11.5 Å². The summed E-state index contributed by atoms with van der Waals surface area (Å²) in [6, 6.07) is 10.7. The molecule has 0 amide bonds. The first kappa shape index (κ1) is 16.9. The van der Waals surface area contributed by atoms with Crippen molar-refractivity contribution >= 4 is 12.6 Å². The molecule has 0 aromatic heterocycles. The average Bonchev–Trinajstić information content (AvgIpc) is 2.73. The largest absolute Gasteiger partial charge is 0.494 e. The van der Waals surface area contributed by atoms with Gasteiger partial charge in [-0.1, -0.05) is 18.2 Å². The Kier molecular flexibility index (Phi) is 4.14. The van der Waals surface area contributed by atoms with Crippen LogP contribution < -0.4 is 10.2 Å². The molecule has 126 valence electrons. The number of rotatable bonds is 3. The number of hydrogen-bond acceptors (Lipinski definition) is 3. The van der Waals surface area contributed by atoms with Crippen molar-refractivity contribution in [1.82, 2.24) is 0 Å². The summed E-state index contributed by atoms with van der Waals surface area (Å²) in [5, 5.41) is 0. The first-order valence-electron chi connectivity index (χ1n) is 7.77. The summed E-state index contributed by atoms with van der Waals surface area (Å²) in [6.45, 7) is 7.93. The van der Waals surface area contributed by atoms with Gasteiger partial charge in [-0.25, -0.2) is 4.39 Å². The summed E-state index contributed by atoms with van der Waals surface area (Å²) in [5.74, 6) is -1.70. The Morgan fingerprint density at radius 2 is 1.46 bits per heavy atom. The zero-order chi connectivity index (χ0) is 17.5. The van der Waals surface area contributed by atoms with Crippen LogP contribution in [0.4, 0.5) is 8.78 Å². The van der Waals surface area contributed by atoms with Crippen molar-refractivity contribution in [2.75, 3.05) is 0 Å². The van der Waals surface area contributed by atoms with Crippen LogP contribution >= 0.6 is 0 Å². The maximum Gasteiger partial charge on any atom is 0.494 e. The minimum absolute atomic E-state index is 0.154. The van der Waals surface area contributed by atoms with Crippen LogP contribution in [0.2, 0.25) is 0 Å². The van der Waals surface area contributed by atoms with Gasteiger partial charge in [-0.2, -0.15) is 4.39 Å². The predicted molar refractivity (Wildman–Crippen MR) is 88.6 cm³/mol. The second kappa shape index (κ2) is 5.86. The van der Waals surface area contributed by atoms with Crippen molar-refractivity contribution in [3.63, 3.8) is 0 Å². The summed E-state index contributed by atoms with van der Waals surface area (Å²) < 4.78 is 44.2. The Hall–Kier alpha value is -1.92. The third-order valence-corrected chi connectivity index (χ3v) is 4.55. The smallest absolute Gasteiger partial charge is 0.454 e. The lowest BCUT2D eigenvalue weighted by Crippen LogP contribution is -2.41. The lowest BCUT2D eigenvalue weighted by Gasteiger charge is -2.32. The molecule has 1 aliphatic heterocycles. The van der Waals surface area contributed by atoms with Gasteiger partial charge in [0.2, 0.25) is 5.82 Å². The topological polar surface area (TPSA) is 27.7 Å². The van der Waals surface area contributed by atoms with Crippen LogP contribution in [0.15, 0.2) is 42.5 Å². The molecular weight excluding hydrogens is 313 g/mol. The zero-order valence-corrected chi connectivity index (χ0v) is 14.1. The van der Waals surface area contributed by atoms with Crippen molar-refractivity contribution in [2.45, 2.75) is 38.9 Å². The highest BCUT2D eigenvalue weighted by atomic mass is 19.2. The predicted octanol–water partition coefficient (Wildman–Crippen LogP) is 4.06. The van der Waals surface area contributed by atoms with Gasteiger partial charge < -0.3 is 14.0 Å². The van der Waals surface area contributed by atoms with Crippen LogP contribution in [0.25, 0.3) is 0 Å². The molecule has 3 nitrogen and oxygen atoms in total. The second-order valence-corrected chi connectivity index (χ2v) is 6.81. The molecule has 0 spiro atoms. The molecule has 1 saturated heterocycles. The highest BCUT2D eigenvalue weighted by Crippen LogP contribution is 2.36. The molecule has 0 radical (unpaired) electrons. The third kappa shape index (κ3) is 3.04. The molecule has 0 aliphatic carbocycles. The fourth-order valence-electron chi connectivity index (χ4n) is 2.36. The van der Waals surface area contributed by atoms with Gasteiger partial charge in [-0.05, 0) is 57.4 Å². The molecular formula is C18H19BF2O3. The molecule has 2 aromatic carbocycles. The average molecular weight is 332 g/mol. The molecule has 1 heterocycles. The van der Waals surface area contributed by atoms with E-state index in [1.807, 2.05) is 27.7 Å². The van der Waals surface area contributed by atoms with Crippen LogP contribution in [-0.4, -0.2) is 18.3 Å². The van der Waals surface area contributed by atoms with E-state index < -0.39 is 30.0 Å². The van der Waals surface area contributed by atoms with E-state index in [0.717, 1.165) is 11.5 Å². The molecule has 0 atom stereocenters. The minimum atomic E-state index is -1.01. The second-order valence-electron chi connectivity index (χ2n) is 6.81. The Balaban J connectivity index is 1.76. The maximum atomic E-state index is 13.6. The van der Waals surface area contributed by atoms with E-state index in [4.69, 9.17) is 14.0 Å². The highest BCUT2D eigenvalue weighted by Gasteiger charge is 2.51. The molecule has 1 fully saturated rings. The molecule has 6 heteroatoms. The molecule has 24 heavy (non-hydrogen) atoms. The standard InChI is InChI=1S/C18H19BF2O3/c1-17(2)18(3,4)24-19(23-17)12-8-10-13(11-9-12)22-15-7-5-6-14(20)16(15)21/h5-11H,1-4H3. The highest BCUT2D eigenvalue weighted by molar-refractivity contribution is 6.62. The quantitative estimate of drug-likeness (QED) is 0.794. The Morgan fingerprint density at radius 3 is 2.04 bits per heavy atom. The molecule has 0 saturated carbocycles. The van der Waals surface area contributed by atoms with Crippen LogP contribution in [0, 0.1) is 11.6 Å². The van der Waals surface area contributed by atoms with Crippen molar-refractivity contribution in [3.05, 3.63) is 54.1 Å². The zero-order valence-electron chi connectivity index (χ0n) is 14.1. The van der Waals surface area contributed by atoms with E-state index in [1.165, 1.54) is 12.1 Å². The number of ether oxygens (including phenoxy) is 1. The SMILES string of the molecule is CC1(C)OB(c2ccc(Oc3cccc(F)c3F)cc2)OC1(C)C. The Morgan fingerprint density at radius 1 is 0.875 bits per heavy atom. The van der Waals surface area contributed by atoms with Gasteiger partial charge in [0.25, 0.3) is 0 Å². The van der Waals surface area contributed by atoms with Gasteiger partial charge in [0.05, 0.1) is 11.2 Å². The van der Waals surface area contributed by atoms with E-state index in [-0.39, 0.29) is 5.75 Å². The molecule has 1 aliphatic rings. The van der Waals surface area contributed by atoms with Gasteiger partial charge in [0.1, 0.15) is 5.75 Å². The van der Waals surface area contributed by atoms with Crippen molar-refractivity contribution < 1.29 is 22.8 Å².